The van der Waals surface area contributed by atoms with Gasteiger partial charge in [-0.05, 0) is 53.9 Å². The normalized spacial score (nSPS) is 11.8. The van der Waals surface area contributed by atoms with Gasteiger partial charge in [-0.3, -0.25) is 14.3 Å². The van der Waals surface area contributed by atoms with Gasteiger partial charge in [0.1, 0.15) is 5.75 Å². The first kappa shape index (κ1) is 29.2. The van der Waals surface area contributed by atoms with Crippen molar-refractivity contribution in [1.82, 2.24) is 9.47 Å². The maximum Gasteiger partial charge on any atom is 0.304 e. The maximum absolute atomic E-state index is 12.5. The Labute approximate surface area is 250 Å². The molecule has 5 rings (SSSR count). The number of rotatable bonds is 12. The first-order valence-electron chi connectivity index (χ1n) is 13.9. The summed E-state index contributed by atoms with van der Waals surface area (Å²) in [6.07, 6.45) is 0. The van der Waals surface area contributed by atoms with Crippen LogP contribution in [0.1, 0.15) is 23.6 Å². The largest absolute Gasteiger partial charge is 0.497 e. The lowest BCUT2D eigenvalue weighted by Crippen LogP contribution is -2.25. The van der Waals surface area contributed by atoms with E-state index in [1.165, 1.54) is 0 Å². The molecule has 1 heterocycles. The second kappa shape index (κ2) is 14.1. The summed E-state index contributed by atoms with van der Waals surface area (Å²) in [4.78, 5) is 19.9. The van der Waals surface area contributed by atoms with E-state index < -0.39 is 12.5 Å². The van der Waals surface area contributed by atoms with Gasteiger partial charge in [-0.1, -0.05) is 84.0 Å². The minimum absolute atomic E-state index is 0.0711. The zero-order valence-electron chi connectivity index (χ0n) is 24.1. The van der Waals surface area contributed by atoms with Crippen molar-refractivity contribution in [3.8, 4) is 11.6 Å². The molecule has 0 unspecified atom stereocenters. The number of methoxy groups -OCH3 is 1. The van der Waals surface area contributed by atoms with Crippen molar-refractivity contribution in [2.75, 3.05) is 13.7 Å². The van der Waals surface area contributed by atoms with Crippen molar-refractivity contribution >= 4 is 28.2 Å². The predicted octanol–water partition coefficient (Wildman–Crippen LogP) is 7.07. The molecule has 1 aromatic heterocycles. The minimum atomic E-state index is -0.628. The number of carbonyl (C=O) groups is 1. The SMILES string of the molecule is COc1ccc(/C(C)=N/OCC(=O)N=Nc2c(O)n(CN(Cc3ccccc3)Cc3ccccc3)c3ccccc23)cc1. The van der Waals surface area contributed by atoms with Crippen molar-refractivity contribution in [2.24, 2.45) is 15.4 Å². The molecule has 4 aromatic carbocycles. The Morgan fingerprint density at radius 3 is 2.07 bits per heavy atom. The van der Waals surface area contributed by atoms with Gasteiger partial charge >= 0.3 is 5.91 Å². The number of para-hydroxylation sites is 1. The van der Waals surface area contributed by atoms with Gasteiger partial charge in [0.25, 0.3) is 0 Å². The highest BCUT2D eigenvalue weighted by atomic mass is 16.6. The molecule has 0 spiro atoms. The van der Waals surface area contributed by atoms with E-state index in [9.17, 15) is 9.90 Å². The van der Waals surface area contributed by atoms with Gasteiger partial charge in [-0.2, -0.15) is 0 Å². The summed E-state index contributed by atoms with van der Waals surface area (Å²) in [5.41, 5.74) is 4.75. The Bertz CT molecular complexity index is 1670. The molecule has 218 valence electrons. The van der Waals surface area contributed by atoms with Crippen LogP contribution in [-0.2, 0) is 29.4 Å². The Kier molecular flexibility index (Phi) is 9.56. The third kappa shape index (κ3) is 7.52. The highest BCUT2D eigenvalue weighted by molar-refractivity contribution is 5.98. The maximum atomic E-state index is 12.5. The molecular formula is C34H33N5O4. The standard InChI is InChI=1S/C34H33N5O4/c1-25(28-17-19-29(42-2)20-18-28)37-43-23-32(40)35-36-33-30-15-9-10-16-31(30)39(34(33)41)24-38(21-26-11-5-3-6-12-26)22-27-13-7-4-8-14-27/h3-20,41H,21-24H2,1-2H3/b36-35?,37-25+. The number of ether oxygens (including phenoxy) is 1. The number of amides is 1. The monoisotopic (exact) mass is 575 g/mol. The first-order valence-corrected chi connectivity index (χ1v) is 13.9. The summed E-state index contributed by atoms with van der Waals surface area (Å²) in [5.74, 6) is 0.0354. The Balaban J connectivity index is 1.33. The van der Waals surface area contributed by atoms with Crippen LogP contribution in [0.5, 0.6) is 11.6 Å². The number of benzene rings is 4. The molecule has 0 saturated heterocycles. The van der Waals surface area contributed by atoms with Crippen molar-refractivity contribution in [3.05, 3.63) is 126 Å². The lowest BCUT2D eigenvalue weighted by Gasteiger charge is -2.24. The molecule has 1 amide bonds. The zero-order chi connectivity index (χ0) is 30.0. The molecule has 0 aliphatic heterocycles. The zero-order valence-corrected chi connectivity index (χ0v) is 24.1. The van der Waals surface area contributed by atoms with E-state index in [0.717, 1.165) is 28.0 Å². The van der Waals surface area contributed by atoms with Gasteiger partial charge in [0, 0.05) is 18.5 Å². The number of carbonyl (C=O) groups excluding carboxylic acids is 1. The topological polar surface area (TPSA) is 101 Å². The van der Waals surface area contributed by atoms with E-state index in [1.54, 1.807) is 18.6 Å². The van der Waals surface area contributed by atoms with Crippen LogP contribution in [0, 0.1) is 0 Å². The minimum Gasteiger partial charge on any atom is -0.497 e. The van der Waals surface area contributed by atoms with E-state index in [2.05, 4.69) is 44.5 Å². The number of hydrogen-bond acceptors (Lipinski definition) is 7. The van der Waals surface area contributed by atoms with Gasteiger partial charge in [-0.25, -0.2) is 0 Å². The van der Waals surface area contributed by atoms with E-state index in [4.69, 9.17) is 9.57 Å². The number of hydrogen-bond donors (Lipinski definition) is 1. The summed E-state index contributed by atoms with van der Waals surface area (Å²) >= 11 is 0. The molecule has 5 aromatic rings. The number of oxime groups is 1. The van der Waals surface area contributed by atoms with Crippen LogP contribution >= 0.6 is 0 Å². The highest BCUT2D eigenvalue weighted by Crippen LogP contribution is 2.39. The average Bonchev–Trinajstić information content (AvgIpc) is 3.30. The van der Waals surface area contributed by atoms with E-state index >= 15 is 0 Å². The molecule has 0 saturated carbocycles. The van der Waals surface area contributed by atoms with Gasteiger partial charge in [0.2, 0.25) is 5.88 Å². The summed E-state index contributed by atoms with van der Waals surface area (Å²) in [6.45, 7) is 3.12. The Morgan fingerprint density at radius 2 is 1.44 bits per heavy atom. The highest BCUT2D eigenvalue weighted by Gasteiger charge is 2.19. The second-order valence-electron chi connectivity index (χ2n) is 9.99. The Hall–Kier alpha value is -5.28. The smallest absolute Gasteiger partial charge is 0.304 e. The van der Waals surface area contributed by atoms with Crippen LogP contribution in [0.3, 0.4) is 0 Å². The van der Waals surface area contributed by atoms with E-state index in [1.807, 2.05) is 84.9 Å². The molecule has 9 nitrogen and oxygen atoms in total. The van der Waals surface area contributed by atoms with Crippen molar-refractivity contribution in [1.29, 1.82) is 0 Å². The fourth-order valence-corrected chi connectivity index (χ4v) is 4.76. The number of azo groups is 1. The molecule has 0 radical (unpaired) electrons. The molecule has 0 atom stereocenters. The van der Waals surface area contributed by atoms with Crippen LogP contribution in [0.25, 0.3) is 10.9 Å². The summed E-state index contributed by atoms with van der Waals surface area (Å²) in [7, 11) is 1.60. The second-order valence-corrected chi connectivity index (χ2v) is 9.99. The lowest BCUT2D eigenvalue weighted by atomic mass is 10.1. The molecule has 0 fully saturated rings. The molecule has 1 N–H and O–H groups in total. The summed E-state index contributed by atoms with van der Waals surface area (Å²) < 4.78 is 6.96. The number of aromatic hydroxyl groups is 1. The van der Waals surface area contributed by atoms with Gasteiger partial charge in [-0.15, -0.1) is 10.2 Å². The van der Waals surface area contributed by atoms with Crippen LogP contribution < -0.4 is 4.74 Å². The van der Waals surface area contributed by atoms with Crippen LogP contribution in [0.4, 0.5) is 5.69 Å². The van der Waals surface area contributed by atoms with Crippen LogP contribution in [0.15, 0.2) is 125 Å². The number of nitrogens with zero attached hydrogens (tertiary/aromatic N) is 5. The number of aromatic nitrogens is 1. The molecule has 9 heteroatoms. The van der Waals surface area contributed by atoms with Crippen molar-refractivity contribution in [2.45, 2.75) is 26.7 Å². The number of fused-ring (bicyclic) bond motifs is 1. The van der Waals surface area contributed by atoms with Gasteiger partial charge in [0.05, 0.1) is 25.0 Å². The summed E-state index contributed by atoms with van der Waals surface area (Å²) in [5, 5.41) is 24.0. The quantitative estimate of drug-likeness (QED) is 0.0974. The molecule has 0 aliphatic rings. The van der Waals surface area contributed by atoms with E-state index in [-0.39, 0.29) is 11.6 Å². The van der Waals surface area contributed by atoms with E-state index in [0.29, 0.717) is 30.9 Å². The fraction of sp³-hybridized carbons (Fsp3) is 0.176. The van der Waals surface area contributed by atoms with Crippen molar-refractivity contribution < 1.29 is 19.5 Å². The summed E-state index contributed by atoms with van der Waals surface area (Å²) in [6, 6.07) is 35.3. The Morgan fingerprint density at radius 1 is 0.837 bits per heavy atom. The van der Waals surface area contributed by atoms with Crippen molar-refractivity contribution in [3.63, 3.8) is 0 Å². The molecule has 0 bridgehead atoms. The molecule has 0 aliphatic carbocycles. The lowest BCUT2D eigenvalue weighted by molar-refractivity contribution is -0.122. The third-order valence-corrected chi connectivity index (χ3v) is 6.92. The van der Waals surface area contributed by atoms with Gasteiger partial charge in [0.15, 0.2) is 12.3 Å². The fourth-order valence-electron chi connectivity index (χ4n) is 4.76. The van der Waals surface area contributed by atoms with Crippen LogP contribution in [-0.4, -0.2) is 39.9 Å². The first-order chi connectivity index (χ1) is 21.0. The van der Waals surface area contributed by atoms with Gasteiger partial charge < -0.3 is 14.7 Å². The third-order valence-electron chi connectivity index (χ3n) is 6.92. The van der Waals surface area contributed by atoms with Crippen LogP contribution in [0.2, 0.25) is 0 Å². The predicted molar refractivity (Wildman–Crippen MR) is 166 cm³/mol. The average molecular weight is 576 g/mol. The molecular weight excluding hydrogens is 542 g/mol. The molecule has 43 heavy (non-hydrogen) atoms.